The Balaban J connectivity index is 0.000000190. The first kappa shape index (κ1) is 118. The molecule has 4 amide bonds. The number of methoxy groups -OCH3 is 6. The Kier molecular flexibility index (Phi) is 48.2. The van der Waals surface area contributed by atoms with E-state index in [0.29, 0.717) is 84.7 Å². The molecule has 6 N–H and O–H groups in total. The average molecular weight is 2070 g/mol. The topological polar surface area (TPSA) is 338 Å². The smallest absolute Gasteiger partial charge is 0.308 e. The molecule has 4 saturated heterocycles. The molecule has 150 heavy (non-hydrogen) atoms. The summed E-state index contributed by atoms with van der Waals surface area (Å²) in [5.74, 6) is 0.436. The quantitative estimate of drug-likeness (QED) is 0.0193. The molecule has 29 heteroatoms. The number of rotatable bonds is 55. The maximum atomic E-state index is 13.8. The minimum atomic E-state index is -0.818. The van der Waals surface area contributed by atoms with E-state index in [0.717, 1.165) is 250 Å². The van der Waals surface area contributed by atoms with Crippen molar-refractivity contribution in [3.8, 4) is 46.0 Å². The average Bonchev–Trinajstić information content (AvgIpc) is 1.65. The van der Waals surface area contributed by atoms with Gasteiger partial charge >= 0.3 is 23.9 Å². The molecule has 29 nitrogen and oxygen atoms in total. The maximum absolute atomic E-state index is 13.8. The molecule has 0 radical (unpaired) electrons. The molecule has 6 heterocycles. The summed E-state index contributed by atoms with van der Waals surface area (Å²) in [7, 11) is 14.0. The minimum absolute atomic E-state index is 0.0484. The van der Waals surface area contributed by atoms with Crippen LogP contribution in [0.2, 0.25) is 0 Å². The number of unbranched alkanes of at least 4 members (excludes halogenated alkanes) is 4. The van der Waals surface area contributed by atoms with Crippen LogP contribution in [-0.2, 0) is 76.9 Å². The summed E-state index contributed by atoms with van der Waals surface area (Å²) in [5, 5.41) is 47.5. The first-order valence-corrected chi connectivity index (χ1v) is 54.6. The highest BCUT2D eigenvalue weighted by Gasteiger charge is 2.52. The Morgan fingerprint density at radius 2 is 0.633 bits per heavy atom. The number of carbonyl (C=O) groups excluding carboxylic acids is 4. The maximum Gasteiger partial charge on any atom is 0.308 e. The van der Waals surface area contributed by atoms with Crippen LogP contribution in [0.1, 0.15) is 223 Å². The molecule has 0 unspecified atom stereocenters. The molecule has 816 valence electrons. The van der Waals surface area contributed by atoms with E-state index in [1.807, 2.05) is 174 Å². The minimum Gasteiger partial charge on any atom is -0.497 e. The summed E-state index contributed by atoms with van der Waals surface area (Å²) < 4.78 is 44.0. The number of carbonyl (C=O) groups is 8. The fraction of sp³-hybridized carbons (Fsp3) is 0.537. The lowest BCUT2D eigenvalue weighted by Gasteiger charge is -2.30. The Hall–Kier alpha value is -12.3. The molecule has 12 atom stereocenters. The summed E-state index contributed by atoms with van der Waals surface area (Å²) >= 11 is 0. The molecule has 0 aromatic heterocycles. The third kappa shape index (κ3) is 33.4. The van der Waals surface area contributed by atoms with Gasteiger partial charge in [0.25, 0.3) is 0 Å². The van der Waals surface area contributed by atoms with Crippen LogP contribution in [0.4, 0.5) is 0 Å². The van der Waals surface area contributed by atoms with Gasteiger partial charge in [-0.05, 0) is 253 Å². The molecule has 8 aromatic carbocycles. The lowest BCUT2D eigenvalue weighted by molar-refractivity contribution is -0.144. The predicted molar refractivity (Wildman–Crippen MR) is 586 cm³/mol. The normalized spacial score (nSPS) is 20.1. The first-order chi connectivity index (χ1) is 72.7. The van der Waals surface area contributed by atoms with E-state index in [-0.39, 0.29) is 97.6 Å². The third-order valence-electron chi connectivity index (χ3n) is 30.8. The second kappa shape index (κ2) is 61.3. The SMILES string of the molecule is CCCCN(CC)C(=O)CN1C[C@H](c2ccc3c(c2)CCO3)[C@@H](C(=O)O)[C@@H]1CCCc1ccccc1OC.CCCCN(CCCN(C)C)C(=O)CN1C[C@H](c2ccc3c(c2)CCO3)[C@@H](C(=O)O)[C@@H]1CCCc1ccccc1OC.CCCCNC(=O)CN1C[C@H](c2ccc(OC)cc2)[C@@H](C(=O)O)[C@@H]1CCCc1ccccc1OC.CCCCNC(=O)CN1C[C@H](c2ccc(OC)cc2)[C@@H](C(=O)O)[C@@H]1CCCc1ccccc1OC. The Morgan fingerprint density at radius 3 is 0.933 bits per heavy atom. The van der Waals surface area contributed by atoms with Crippen LogP contribution >= 0.6 is 0 Å². The number of nitrogens with zero attached hydrogens (tertiary/aromatic N) is 7. The van der Waals surface area contributed by atoms with Crippen LogP contribution in [0.3, 0.4) is 0 Å². The standard InChI is InChI=1S/C34H49N3O5.C31H42N2O5.2C28H38N2O5/c1-5-6-19-36(20-10-18-35(2)3)32(38)24-37-23-28(26-15-16-31-27(22-26)17-21-42-31)33(34(39)40)29(37)13-9-12-25-11-7-8-14-30(25)41-4;1-4-6-17-32(5-2)29(34)21-33-20-25(23-14-15-28-24(19-23)16-18-38-28)30(31(35)36)26(33)12-9-11-22-10-7-8-13-27(22)37-3;2*1-4-5-17-29-26(31)19-30-18-23(20-13-15-22(34-2)16-14-20)27(28(32)33)24(30)11-8-10-21-9-6-7-12-25(21)35-3/h7-8,11,14-16,22,28-29,33H,5-6,9-10,12-13,17-21,23-24H2,1-4H3,(H,39,40);7-8,10,13-15,19,25-26,30H,4-6,9,11-12,16-18,20-21H2,1-3H3,(H,35,36);2*6-7,9,12-16,23-24,27H,4-5,8,10-11,17-19H2,1-3H3,(H,29,31)(H,32,33)/t28-,29+,33-;25-,26+,30-;2*23-,24+,27-/m1111/s1. The largest absolute Gasteiger partial charge is 0.497 e. The zero-order valence-corrected chi connectivity index (χ0v) is 91.0. The molecule has 4 fully saturated rings. The number of hydrogen-bond acceptors (Lipinski definition) is 21. The highest BCUT2D eigenvalue weighted by molar-refractivity contribution is 5.82. The number of amides is 4. The molecule has 6 aliphatic rings. The van der Waals surface area contributed by atoms with Crippen molar-refractivity contribution in [2.45, 2.75) is 230 Å². The van der Waals surface area contributed by atoms with E-state index in [2.05, 4.69) is 101 Å². The summed E-state index contributed by atoms with van der Waals surface area (Å²) in [6.07, 6.45) is 19.7. The summed E-state index contributed by atoms with van der Waals surface area (Å²) in [6.45, 7) is 20.0. The van der Waals surface area contributed by atoms with Gasteiger partial charge in [-0.3, -0.25) is 58.0 Å². The van der Waals surface area contributed by atoms with Crippen molar-refractivity contribution in [2.24, 2.45) is 23.7 Å². The number of nitrogens with one attached hydrogen (secondary N) is 2. The molecule has 14 rings (SSSR count). The van der Waals surface area contributed by atoms with Gasteiger partial charge in [0.15, 0.2) is 0 Å². The number of fused-ring (bicyclic) bond motifs is 2. The van der Waals surface area contributed by atoms with E-state index in [9.17, 15) is 58.8 Å². The zero-order valence-electron chi connectivity index (χ0n) is 91.0. The number of likely N-dealkylation sites (tertiary alicyclic amines) is 4. The van der Waals surface area contributed by atoms with Gasteiger partial charge in [0.05, 0.1) is 106 Å². The van der Waals surface area contributed by atoms with Crippen molar-refractivity contribution in [3.63, 3.8) is 0 Å². The fourth-order valence-corrected chi connectivity index (χ4v) is 22.9. The van der Waals surface area contributed by atoms with Crippen molar-refractivity contribution < 1.29 is 96.7 Å². The number of benzene rings is 8. The van der Waals surface area contributed by atoms with Crippen LogP contribution in [0.25, 0.3) is 0 Å². The van der Waals surface area contributed by atoms with Crippen molar-refractivity contribution >= 4 is 47.5 Å². The van der Waals surface area contributed by atoms with E-state index in [4.69, 9.17) is 37.9 Å². The molecule has 0 bridgehead atoms. The number of carboxylic acids is 4. The lowest BCUT2D eigenvalue weighted by atomic mass is 9.83. The van der Waals surface area contributed by atoms with E-state index in [1.54, 1.807) is 42.7 Å². The van der Waals surface area contributed by atoms with Crippen LogP contribution in [0.15, 0.2) is 182 Å². The Labute approximate surface area is 889 Å². The van der Waals surface area contributed by atoms with E-state index < -0.39 is 47.5 Å². The number of para-hydroxylation sites is 4. The van der Waals surface area contributed by atoms with Gasteiger partial charge < -0.3 is 83.7 Å². The molecule has 0 saturated carbocycles. The Morgan fingerprint density at radius 1 is 0.340 bits per heavy atom. The van der Waals surface area contributed by atoms with Crippen molar-refractivity contribution in [2.75, 3.05) is 168 Å². The number of aliphatic carboxylic acids is 4. The monoisotopic (exact) mass is 2070 g/mol. The van der Waals surface area contributed by atoms with Gasteiger partial charge in [-0.25, -0.2) is 0 Å². The van der Waals surface area contributed by atoms with Gasteiger partial charge in [0, 0.05) is 126 Å². The number of likely N-dealkylation sites (N-methyl/N-ethyl adjacent to an activating group) is 1. The zero-order chi connectivity index (χ0) is 108. The molecular weight excluding hydrogens is 1900 g/mol. The summed E-state index contributed by atoms with van der Waals surface area (Å²) in [5.41, 5.74) is 10.7. The Bertz CT molecular complexity index is 5390. The number of ether oxygens (including phenoxy) is 8. The number of aryl methyl sites for hydroxylation is 4. The molecule has 8 aromatic rings. The van der Waals surface area contributed by atoms with Crippen LogP contribution in [0.5, 0.6) is 46.0 Å². The van der Waals surface area contributed by atoms with E-state index >= 15 is 0 Å². The van der Waals surface area contributed by atoms with Crippen LogP contribution in [-0.4, -0.2) is 295 Å². The predicted octanol–water partition coefficient (Wildman–Crippen LogP) is 17.7. The van der Waals surface area contributed by atoms with Gasteiger partial charge in [-0.1, -0.05) is 175 Å². The number of carboxylic acid groups (broad SMARTS) is 4. The second-order valence-corrected chi connectivity index (χ2v) is 40.8. The highest BCUT2D eigenvalue weighted by Crippen LogP contribution is 2.47. The summed E-state index contributed by atoms with van der Waals surface area (Å²) in [4.78, 5) is 118. The third-order valence-corrected chi connectivity index (χ3v) is 30.8. The summed E-state index contributed by atoms with van der Waals surface area (Å²) in [6, 6.07) is 58.4. The highest BCUT2D eigenvalue weighted by atomic mass is 16.5. The molecule has 6 aliphatic heterocycles. The fourth-order valence-electron chi connectivity index (χ4n) is 22.9. The molecular formula is C121H167N9O20. The van der Waals surface area contributed by atoms with Crippen molar-refractivity contribution in [1.82, 2.24) is 44.9 Å². The molecule has 0 spiro atoms. The number of hydrogen-bond donors (Lipinski definition) is 6. The molecule has 0 aliphatic carbocycles. The van der Waals surface area contributed by atoms with Crippen LogP contribution in [0, 0.1) is 23.7 Å². The van der Waals surface area contributed by atoms with Crippen molar-refractivity contribution in [1.29, 1.82) is 0 Å². The van der Waals surface area contributed by atoms with Crippen LogP contribution < -0.4 is 48.5 Å². The van der Waals surface area contributed by atoms with Gasteiger partial charge in [-0.2, -0.15) is 0 Å². The lowest BCUT2D eigenvalue weighted by Crippen LogP contribution is -2.45. The first-order valence-electron chi connectivity index (χ1n) is 54.6. The van der Waals surface area contributed by atoms with Gasteiger partial charge in [0.2, 0.25) is 23.6 Å². The van der Waals surface area contributed by atoms with E-state index in [1.165, 1.54) is 0 Å². The van der Waals surface area contributed by atoms with Crippen molar-refractivity contribution in [3.05, 3.63) is 238 Å². The second-order valence-electron chi connectivity index (χ2n) is 40.8. The van der Waals surface area contributed by atoms with Gasteiger partial charge in [-0.15, -0.1) is 0 Å². The van der Waals surface area contributed by atoms with Gasteiger partial charge in [0.1, 0.15) is 46.0 Å².